The van der Waals surface area contributed by atoms with Gasteiger partial charge in [-0.05, 0) is 43.2 Å². The van der Waals surface area contributed by atoms with E-state index in [4.69, 9.17) is 17.3 Å². The van der Waals surface area contributed by atoms with Crippen molar-refractivity contribution in [1.29, 1.82) is 0 Å². The molecule has 0 aliphatic carbocycles. The van der Waals surface area contributed by atoms with Crippen LogP contribution in [0.25, 0.3) is 11.1 Å². The van der Waals surface area contributed by atoms with Crippen molar-refractivity contribution in [3.63, 3.8) is 0 Å². The Morgan fingerprint density at radius 2 is 1.95 bits per heavy atom. The maximum absolute atomic E-state index is 13.5. The van der Waals surface area contributed by atoms with Crippen molar-refractivity contribution in [3.8, 4) is 11.1 Å². The average Bonchev–Trinajstić information content (AvgIpc) is 2.40. The van der Waals surface area contributed by atoms with Crippen molar-refractivity contribution in [2.24, 2.45) is 5.73 Å². The van der Waals surface area contributed by atoms with Crippen molar-refractivity contribution in [3.05, 3.63) is 62.7 Å². The monoisotopic (exact) mass is 309 g/mol. The molecule has 0 aliphatic rings. The van der Waals surface area contributed by atoms with E-state index in [0.29, 0.717) is 27.3 Å². The molecule has 0 amide bonds. The van der Waals surface area contributed by atoms with E-state index in [1.165, 1.54) is 18.2 Å². The van der Waals surface area contributed by atoms with Gasteiger partial charge >= 0.3 is 0 Å². The van der Waals surface area contributed by atoms with Crippen LogP contribution in [0.1, 0.15) is 24.1 Å². The Labute approximate surface area is 127 Å². The lowest BCUT2D eigenvalue weighted by Crippen LogP contribution is -2.96. The first-order valence-corrected chi connectivity index (χ1v) is 6.76. The number of quaternary nitrogens is 1. The summed E-state index contributed by atoms with van der Waals surface area (Å²) in [6, 6.07) is 6.86. The number of halogens is 2. The molecule has 112 valence electrons. The predicted molar refractivity (Wildman–Crippen MR) is 81.5 cm³/mol. The number of rotatable bonds is 3. The first kappa shape index (κ1) is 15.9. The van der Waals surface area contributed by atoms with Gasteiger partial charge in [0.25, 0.3) is 0 Å². The van der Waals surface area contributed by atoms with E-state index >= 15 is 0 Å². The van der Waals surface area contributed by atoms with Gasteiger partial charge in [0, 0.05) is 22.2 Å². The van der Waals surface area contributed by atoms with Crippen molar-refractivity contribution < 1.29 is 9.62 Å². The summed E-state index contributed by atoms with van der Waals surface area (Å²) in [5.41, 5.74) is 7.55. The van der Waals surface area contributed by atoms with E-state index in [1.807, 2.05) is 0 Å². The van der Waals surface area contributed by atoms with Crippen LogP contribution in [0.2, 0.25) is 5.02 Å². The van der Waals surface area contributed by atoms with Gasteiger partial charge in [0.15, 0.2) is 0 Å². The average molecular weight is 310 g/mol. The molecule has 4 nitrogen and oxygen atoms in total. The van der Waals surface area contributed by atoms with Crippen LogP contribution in [0, 0.1) is 23.2 Å². The fourth-order valence-electron chi connectivity index (χ4n) is 2.34. The molecule has 0 fully saturated rings. The molecule has 3 N–H and O–H groups in total. The first-order chi connectivity index (χ1) is 9.82. The molecule has 0 saturated carbocycles. The summed E-state index contributed by atoms with van der Waals surface area (Å²) in [7, 11) is 0. The lowest BCUT2D eigenvalue weighted by molar-refractivity contribution is -0.715. The number of nitrogens with one attached hydrogen (secondary N) is 1. The Kier molecular flexibility index (Phi) is 4.61. The zero-order valence-corrected chi connectivity index (χ0v) is 12.4. The van der Waals surface area contributed by atoms with Crippen molar-refractivity contribution >= 4 is 17.3 Å². The highest BCUT2D eigenvalue weighted by Crippen LogP contribution is 2.38. The molecule has 21 heavy (non-hydrogen) atoms. The Balaban J connectivity index is 2.86. The van der Waals surface area contributed by atoms with Crippen LogP contribution in [0.5, 0.6) is 0 Å². The molecule has 0 radical (unpaired) electrons. The second-order valence-electron chi connectivity index (χ2n) is 4.91. The fraction of sp³-hybridized carbons (Fsp3) is 0.200. The number of nitrogens with two attached hydrogens (primary N) is 1. The van der Waals surface area contributed by atoms with Gasteiger partial charge in [-0.15, -0.1) is 0 Å². The predicted octanol–water partition coefficient (Wildman–Crippen LogP) is 2.99. The SMILES string of the molecule is Cc1c(Cl)cc(C(C)N)c(-c2cccc(F)c2)c1[NH+]([O-])[O-]. The van der Waals surface area contributed by atoms with E-state index in [2.05, 4.69) is 0 Å². The molecular formula is C15H15ClFN2O2-. The second-order valence-corrected chi connectivity index (χ2v) is 5.32. The van der Waals surface area contributed by atoms with Gasteiger partial charge in [0.1, 0.15) is 11.5 Å². The van der Waals surface area contributed by atoms with E-state index < -0.39 is 17.1 Å². The first-order valence-electron chi connectivity index (χ1n) is 6.38. The zero-order valence-electron chi connectivity index (χ0n) is 11.6. The van der Waals surface area contributed by atoms with Gasteiger partial charge in [0.2, 0.25) is 0 Å². The molecule has 0 saturated heterocycles. The third-order valence-electron chi connectivity index (χ3n) is 3.36. The fourth-order valence-corrected chi connectivity index (χ4v) is 2.55. The van der Waals surface area contributed by atoms with Crippen LogP contribution in [-0.4, -0.2) is 0 Å². The summed E-state index contributed by atoms with van der Waals surface area (Å²) in [5, 5.41) is 22.0. The van der Waals surface area contributed by atoms with Crippen LogP contribution in [0.4, 0.5) is 10.1 Å². The molecule has 2 aromatic carbocycles. The van der Waals surface area contributed by atoms with E-state index in [1.54, 1.807) is 26.0 Å². The van der Waals surface area contributed by atoms with Crippen LogP contribution in [0.15, 0.2) is 30.3 Å². The highest BCUT2D eigenvalue weighted by atomic mass is 35.5. The molecule has 0 heterocycles. The van der Waals surface area contributed by atoms with Crippen LogP contribution >= 0.6 is 11.6 Å². The van der Waals surface area contributed by atoms with Crippen LogP contribution < -0.4 is 11.0 Å². The van der Waals surface area contributed by atoms with Crippen LogP contribution in [-0.2, 0) is 0 Å². The van der Waals surface area contributed by atoms with Gasteiger partial charge in [-0.2, -0.15) is 0 Å². The van der Waals surface area contributed by atoms with E-state index in [0.717, 1.165) is 0 Å². The van der Waals surface area contributed by atoms with E-state index in [-0.39, 0.29) is 5.69 Å². The van der Waals surface area contributed by atoms with Crippen molar-refractivity contribution in [2.75, 3.05) is 0 Å². The summed E-state index contributed by atoms with van der Waals surface area (Å²) in [5.74, 6) is -0.458. The highest BCUT2D eigenvalue weighted by molar-refractivity contribution is 6.32. The summed E-state index contributed by atoms with van der Waals surface area (Å²) < 4.78 is 13.5. The summed E-state index contributed by atoms with van der Waals surface area (Å²) in [6.07, 6.45) is 0. The Morgan fingerprint density at radius 1 is 1.29 bits per heavy atom. The molecule has 0 bridgehead atoms. The molecule has 2 rings (SSSR count). The molecule has 0 aliphatic heterocycles. The summed E-state index contributed by atoms with van der Waals surface area (Å²) >= 11 is 6.08. The van der Waals surface area contributed by atoms with Gasteiger partial charge in [0.05, 0.1) is 0 Å². The standard InChI is InChI=1S/C15H15ClFN2O2/c1-8-13(16)7-12(9(2)18)14(15(8)19(20)21)10-4-3-5-11(17)6-10/h3-7,9,19H,18H2,1-2H3/q-1. The minimum Gasteiger partial charge on any atom is -0.628 e. The second kappa shape index (κ2) is 6.09. The smallest absolute Gasteiger partial charge is 0.143 e. The maximum Gasteiger partial charge on any atom is 0.143 e. The molecule has 1 atom stereocenters. The Hall–Kier alpha value is -1.50. The number of hydrogen-bond acceptors (Lipinski definition) is 3. The normalized spacial score (nSPS) is 12.8. The lowest BCUT2D eigenvalue weighted by atomic mass is 9.92. The van der Waals surface area contributed by atoms with Crippen molar-refractivity contribution in [2.45, 2.75) is 19.9 Å². The van der Waals surface area contributed by atoms with Gasteiger partial charge in [-0.1, -0.05) is 23.7 Å². The minimum absolute atomic E-state index is 0.0552. The molecule has 0 spiro atoms. The molecule has 1 unspecified atom stereocenters. The third-order valence-corrected chi connectivity index (χ3v) is 3.75. The quantitative estimate of drug-likeness (QED) is 0.856. The van der Waals surface area contributed by atoms with Gasteiger partial charge < -0.3 is 21.4 Å². The lowest BCUT2D eigenvalue weighted by Gasteiger charge is -2.31. The largest absolute Gasteiger partial charge is 0.628 e. The Bertz CT molecular complexity index is 675. The minimum atomic E-state index is -1.36. The number of hydrogen-bond donors (Lipinski definition) is 2. The number of benzene rings is 2. The maximum atomic E-state index is 13.5. The molecular weight excluding hydrogens is 295 g/mol. The van der Waals surface area contributed by atoms with Gasteiger partial charge in [-0.25, -0.2) is 4.39 Å². The highest BCUT2D eigenvalue weighted by Gasteiger charge is 2.21. The van der Waals surface area contributed by atoms with Gasteiger partial charge in [-0.3, -0.25) is 0 Å². The van der Waals surface area contributed by atoms with Crippen molar-refractivity contribution in [1.82, 2.24) is 0 Å². The molecule has 0 aromatic heterocycles. The molecule has 6 heteroatoms. The zero-order chi connectivity index (χ0) is 15.7. The molecule has 2 aromatic rings. The summed E-state index contributed by atoms with van der Waals surface area (Å²) in [6.45, 7) is 3.30. The van der Waals surface area contributed by atoms with E-state index in [9.17, 15) is 14.8 Å². The third kappa shape index (κ3) is 3.07. The summed E-state index contributed by atoms with van der Waals surface area (Å²) in [4.78, 5) is 0. The topological polar surface area (TPSA) is 76.6 Å². The Morgan fingerprint density at radius 3 is 2.48 bits per heavy atom. The van der Waals surface area contributed by atoms with Crippen LogP contribution in [0.3, 0.4) is 0 Å².